The minimum Gasteiger partial charge on any atom is -0.441 e. The van der Waals surface area contributed by atoms with Crippen molar-refractivity contribution in [1.82, 2.24) is 4.98 Å². The SMILES string of the molecule is O=C1OC(CO)CN1c1ccc(N2CCc3cnccc3C2)c(F)c1. The van der Waals surface area contributed by atoms with Gasteiger partial charge in [-0.2, -0.15) is 0 Å². The molecule has 0 aliphatic carbocycles. The first-order valence-corrected chi connectivity index (χ1v) is 8.21. The number of benzene rings is 1. The molecule has 25 heavy (non-hydrogen) atoms. The molecule has 1 fully saturated rings. The standard InChI is InChI=1S/C18H18FN3O3/c19-16-7-14(22-10-15(11-23)25-18(22)24)1-2-17(16)21-6-4-12-8-20-5-3-13(12)9-21/h1-3,5,7-8,15,23H,4,6,9-11H2. The lowest BCUT2D eigenvalue weighted by molar-refractivity contribution is 0.0963. The van der Waals surface area contributed by atoms with E-state index in [4.69, 9.17) is 9.84 Å². The van der Waals surface area contributed by atoms with Crippen molar-refractivity contribution in [2.24, 2.45) is 0 Å². The summed E-state index contributed by atoms with van der Waals surface area (Å²) in [5, 5.41) is 9.11. The van der Waals surface area contributed by atoms with Crippen LogP contribution in [0.15, 0.2) is 36.7 Å². The van der Waals surface area contributed by atoms with Gasteiger partial charge in [-0.05, 0) is 41.8 Å². The summed E-state index contributed by atoms with van der Waals surface area (Å²) in [4.78, 5) is 19.3. The Kier molecular flexibility index (Phi) is 4.01. The molecular weight excluding hydrogens is 325 g/mol. The topological polar surface area (TPSA) is 65.9 Å². The van der Waals surface area contributed by atoms with Crippen LogP contribution in [0.5, 0.6) is 0 Å². The van der Waals surface area contributed by atoms with Crippen LogP contribution < -0.4 is 9.80 Å². The fourth-order valence-electron chi connectivity index (χ4n) is 3.33. The zero-order valence-electron chi connectivity index (χ0n) is 13.6. The maximum atomic E-state index is 14.7. The van der Waals surface area contributed by atoms with E-state index in [0.29, 0.717) is 24.5 Å². The van der Waals surface area contributed by atoms with Crippen molar-refractivity contribution in [1.29, 1.82) is 0 Å². The highest BCUT2D eigenvalue weighted by Crippen LogP contribution is 2.30. The van der Waals surface area contributed by atoms with Gasteiger partial charge in [-0.1, -0.05) is 0 Å². The number of rotatable bonds is 3. The molecule has 1 N–H and O–H groups in total. The van der Waals surface area contributed by atoms with Crippen molar-refractivity contribution in [3.8, 4) is 0 Å². The van der Waals surface area contributed by atoms with Gasteiger partial charge in [-0.3, -0.25) is 9.88 Å². The lowest BCUT2D eigenvalue weighted by Gasteiger charge is -2.31. The maximum Gasteiger partial charge on any atom is 0.414 e. The van der Waals surface area contributed by atoms with Crippen molar-refractivity contribution >= 4 is 17.5 Å². The number of ether oxygens (including phenoxy) is 1. The molecule has 1 atom stereocenters. The second-order valence-electron chi connectivity index (χ2n) is 6.25. The Balaban J connectivity index is 1.56. The number of anilines is 2. The molecule has 0 saturated carbocycles. The molecule has 2 aromatic rings. The number of aliphatic hydroxyl groups excluding tert-OH is 1. The first-order chi connectivity index (χ1) is 12.2. The predicted octanol–water partition coefficient (Wildman–Crippen LogP) is 2.10. The lowest BCUT2D eigenvalue weighted by Crippen LogP contribution is -2.31. The number of cyclic esters (lactones) is 1. The quantitative estimate of drug-likeness (QED) is 0.925. The summed E-state index contributed by atoms with van der Waals surface area (Å²) in [7, 11) is 0. The third kappa shape index (κ3) is 2.91. The Labute approximate surface area is 144 Å². The number of carbonyl (C=O) groups excluding carboxylic acids is 1. The van der Waals surface area contributed by atoms with E-state index in [1.807, 2.05) is 17.2 Å². The average molecular weight is 343 g/mol. The van der Waals surface area contributed by atoms with Gasteiger partial charge in [0, 0.05) is 25.5 Å². The number of aromatic nitrogens is 1. The third-order valence-corrected chi connectivity index (χ3v) is 4.68. The average Bonchev–Trinajstić information content (AvgIpc) is 3.02. The van der Waals surface area contributed by atoms with Gasteiger partial charge in [0.25, 0.3) is 0 Å². The van der Waals surface area contributed by atoms with Gasteiger partial charge in [0.05, 0.1) is 24.5 Å². The smallest absolute Gasteiger partial charge is 0.414 e. The zero-order chi connectivity index (χ0) is 17.4. The molecule has 4 rings (SSSR count). The number of carbonyl (C=O) groups is 1. The number of fused-ring (bicyclic) bond motifs is 1. The van der Waals surface area contributed by atoms with E-state index in [1.165, 1.54) is 16.5 Å². The Hall–Kier alpha value is -2.67. The predicted molar refractivity (Wildman–Crippen MR) is 90.1 cm³/mol. The van der Waals surface area contributed by atoms with Crippen molar-refractivity contribution in [3.63, 3.8) is 0 Å². The molecule has 1 aromatic heterocycles. The minimum atomic E-state index is -0.567. The number of pyridine rings is 1. The van der Waals surface area contributed by atoms with Gasteiger partial charge >= 0.3 is 6.09 Å². The van der Waals surface area contributed by atoms with Crippen LogP contribution in [0.4, 0.5) is 20.6 Å². The van der Waals surface area contributed by atoms with Crippen LogP contribution in [0.2, 0.25) is 0 Å². The summed E-state index contributed by atoms with van der Waals surface area (Å²) in [6.07, 6.45) is 3.30. The van der Waals surface area contributed by atoms with Gasteiger partial charge in [-0.15, -0.1) is 0 Å². The fourth-order valence-corrected chi connectivity index (χ4v) is 3.33. The molecule has 2 aliphatic heterocycles. The highest BCUT2D eigenvalue weighted by atomic mass is 19.1. The van der Waals surface area contributed by atoms with E-state index in [1.54, 1.807) is 18.3 Å². The molecule has 6 nitrogen and oxygen atoms in total. The largest absolute Gasteiger partial charge is 0.441 e. The van der Waals surface area contributed by atoms with Crippen molar-refractivity contribution in [2.75, 3.05) is 29.5 Å². The molecule has 0 spiro atoms. The van der Waals surface area contributed by atoms with Crippen LogP contribution in [0, 0.1) is 5.82 Å². The van der Waals surface area contributed by atoms with Gasteiger partial charge in [0.15, 0.2) is 0 Å². The number of nitrogens with zero attached hydrogens (tertiary/aromatic N) is 3. The van der Waals surface area contributed by atoms with E-state index in [-0.39, 0.29) is 19.0 Å². The van der Waals surface area contributed by atoms with Crippen LogP contribution in [-0.4, -0.2) is 42.0 Å². The van der Waals surface area contributed by atoms with Gasteiger partial charge in [0.2, 0.25) is 0 Å². The van der Waals surface area contributed by atoms with Crippen LogP contribution >= 0.6 is 0 Å². The van der Waals surface area contributed by atoms with E-state index >= 15 is 0 Å². The van der Waals surface area contributed by atoms with Crippen molar-refractivity contribution in [2.45, 2.75) is 19.1 Å². The Morgan fingerprint density at radius 1 is 1.32 bits per heavy atom. The van der Waals surface area contributed by atoms with E-state index < -0.39 is 12.2 Å². The molecule has 2 aliphatic rings. The Morgan fingerprint density at radius 2 is 2.20 bits per heavy atom. The fraction of sp³-hybridized carbons (Fsp3) is 0.333. The van der Waals surface area contributed by atoms with Crippen LogP contribution in [0.3, 0.4) is 0 Å². The Morgan fingerprint density at radius 3 is 2.96 bits per heavy atom. The molecule has 0 radical (unpaired) electrons. The second kappa shape index (κ2) is 6.33. The normalized spacial score (nSPS) is 19.8. The summed E-state index contributed by atoms with van der Waals surface area (Å²) in [6.45, 7) is 1.32. The van der Waals surface area contributed by atoms with E-state index in [9.17, 15) is 9.18 Å². The van der Waals surface area contributed by atoms with E-state index in [0.717, 1.165) is 12.0 Å². The molecule has 1 amide bonds. The summed E-state index contributed by atoms with van der Waals surface area (Å²) in [5.74, 6) is -0.379. The molecule has 0 bridgehead atoms. The number of halogens is 1. The van der Waals surface area contributed by atoms with Crippen molar-refractivity contribution in [3.05, 3.63) is 53.6 Å². The maximum absolute atomic E-state index is 14.7. The number of amides is 1. The lowest BCUT2D eigenvalue weighted by atomic mass is 10.0. The summed E-state index contributed by atoms with van der Waals surface area (Å²) >= 11 is 0. The molecule has 7 heteroatoms. The number of hydrogen-bond acceptors (Lipinski definition) is 5. The third-order valence-electron chi connectivity index (χ3n) is 4.68. The van der Waals surface area contributed by atoms with Crippen LogP contribution in [0.1, 0.15) is 11.1 Å². The molecule has 1 unspecified atom stereocenters. The number of hydrogen-bond donors (Lipinski definition) is 1. The monoisotopic (exact) mass is 343 g/mol. The van der Waals surface area contributed by atoms with Crippen molar-refractivity contribution < 1.29 is 19.0 Å². The van der Waals surface area contributed by atoms with E-state index in [2.05, 4.69) is 4.98 Å². The van der Waals surface area contributed by atoms with Gasteiger partial charge < -0.3 is 14.7 Å². The molecular formula is C18H18FN3O3. The van der Waals surface area contributed by atoms with Gasteiger partial charge in [0.1, 0.15) is 11.9 Å². The Bertz CT molecular complexity index is 814. The second-order valence-corrected chi connectivity index (χ2v) is 6.25. The van der Waals surface area contributed by atoms with Crippen LogP contribution in [0.25, 0.3) is 0 Å². The molecule has 3 heterocycles. The molecule has 1 saturated heterocycles. The zero-order valence-corrected chi connectivity index (χ0v) is 13.6. The summed E-state index contributed by atoms with van der Waals surface area (Å²) < 4.78 is 19.7. The highest BCUT2D eigenvalue weighted by Gasteiger charge is 2.32. The minimum absolute atomic E-state index is 0.220. The highest BCUT2D eigenvalue weighted by molar-refractivity contribution is 5.90. The first kappa shape index (κ1) is 15.8. The molecule has 130 valence electrons. The number of aliphatic hydroxyl groups is 1. The molecule has 1 aromatic carbocycles. The summed E-state index contributed by atoms with van der Waals surface area (Å²) in [6, 6.07) is 6.71. The summed E-state index contributed by atoms with van der Waals surface area (Å²) in [5.41, 5.74) is 3.30. The van der Waals surface area contributed by atoms with Crippen LogP contribution in [-0.2, 0) is 17.7 Å². The van der Waals surface area contributed by atoms with Gasteiger partial charge in [-0.25, -0.2) is 9.18 Å². The first-order valence-electron chi connectivity index (χ1n) is 8.21.